The maximum atomic E-state index is 12.6. The zero-order valence-electron chi connectivity index (χ0n) is 17.4. The summed E-state index contributed by atoms with van der Waals surface area (Å²) in [6.45, 7) is 9.92. The molecule has 9 heteroatoms. The number of nitrogens with one attached hydrogen (secondary N) is 2. The van der Waals surface area contributed by atoms with Crippen LogP contribution in [0.25, 0.3) is 0 Å². The van der Waals surface area contributed by atoms with Gasteiger partial charge in [0.1, 0.15) is 17.0 Å². The highest BCUT2D eigenvalue weighted by Crippen LogP contribution is 2.36. The quantitative estimate of drug-likeness (QED) is 0.510. The zero-order valence-corrected chi connectivity index (χ0v) is 17.4. The lowest BCUT2D eigenvalue weighted by molar-refractivity contribution is -0.111. The lowest BCUT2D eigenvalue weighted by Gasteiger charge is -2.46. The summed E-state index contributed by atoms with van der Waals surface area (Å²) in [6, 6.07) is 3.96. The molecule has 1 aromatic rings. The molecule has 2 fully saturated rings. The number of phenols is 1. The van der Waals surface area contributed by atoms with Gasteiger partial charge >= 0.3 is 6.09 Å². The van der Waals surface area contributed by atoms with Gasteiger partial charge in [-0.1, -0.05) is 6.58 Å². The summed E-state index contributed by atoms with van der Waals surface area (Å²) >= 11 is 0. The highest BCUT2D eigenvalue weighted by Gasteiger charge is 2.52. The van der Waals surface area contributed by atoms with E-state index < -0.39 is 23.0 Å². The Morgan fingerprint density at radius 1 is 1.33 bits per heavy atom. The van der Waals surface area contributed by atoms with E-state index >= 15 is 0 Å². The van der Waals surface area contributed by atoms with E-state index in [2.05, 4.69) is 17.2 Å². The Hall–Kier alpha value is -3.07. The number of carbonyl (C=O) groups excluding carboxylic acids is 3. The van der Waals surface area contributed by atoms with Crippen molar-refractivity contribution in [2.75, 3.05) is 25.0 Å². The van der Waals surface area contributed by atoms with Gasteiger partial charge in [-0.05, 0) is 45.0 Å². The van der Waals surface area contributed by atoms with Crippen molar-refractivity contribution in [2.24, 2.45) is 0 Å². The molecule has 3 rings (SSSR count). The fourth-order valence-electron chi connectivity index (χ4n) is 3.51. The van der Waals surface area contributed by atoms with Crippen LogP contribution in [-0.4, -0.2) is 64.9 Å². The topological polar surface area (TPSA) is 117 Å². The fraction of sp³-hybridized carbons (Fsp3) is 0.476. The van der Waals surface area contributed by atoms with E-state index in [-0.39, 0.29) is 23.4 Å². The number of hydrogen-bond acceptors (Lipinski definition) is 6. The van der Waals surface area contributed by atoms with Crippen molar-refractivity contribution in [3.63, 3.8) is 0 Å². The fourth-order valence-corrected chi connectivity index (χ4v) is 3.51. The Labute approximate surface area is 175 Å². The highest BCUT2D eigenvalue weighted by molar-refractivity contribution is 6.02. The number of phenolic OH excluding ortho intramolecular Hbond substituents is 1. The summed E-state index contributed by atoms with van der Waals surface area (Å²) in [5.41, 5.74) is -0.638. The number of nitrogens with zero attached hydrogens (tertiary/aromatic N) is 1. The van der Waals surface area contributed by atoms with Crippen LogP contribution in [0.15, 0.2) is 30.9 Å². The standard InChI is InChI=1S/C21H27N3O6/c1-5-17(26)22-13-6-7-16(25)15(8-13)18(27)23-14-9-21(29-10-14)11-24(12-21)19(28)30-20(2,3)4/h5-8,14,25H,1,9-12H2,2-4H3,(H,22,26)(H,23,27). The molecule has 2 saturated heterocycles. The maximum Gasteiger partial charge on any atom is 0.410 e. The maximum absolute atomic E-state index is 12.6. The Morgan fingerprint density at radius 3 is 2.67 bits per heavy atom. The summed E-state index contributed by atoms with van der Waals surface area (Å²) in [7, 11) is 0. The van der Waals surface area contributed by atoms with Gasteiger partial charge in [-0.15, -0.1) is 0 Å². The normalized spacial score (nSPS) is 19.7. The van der Waals surface area contributed by atoms with Gasteiger partial charge < -0.3 is 30.1 Å². The predicted molar refractivity (Wildman–Crippen MR) is 109 cm³/mol. The molecule has 0 radical (unpaired) electrons. The zero-order chi connectivity index (χ0) is 22.1. The van der Waals surface area contributed by atoms with Crippen molar-refractivity contribution in [3.8, 4) is 5.75 Å². The monoisotopic (exact) mass is 417 g/mol. The van der Waals surface area contributed by atoms with Crippen LogP contribution in [0.3, 0.4) is 0 Å². The molecule has 1 unspecified atom stereocenters. The number of likely N-dealkylation sites (tertiary alicyclic amines) is 1. The summed E-state index contributed by atoms with van der Waals surface area (Å²) in [4.78, 5) is 37.8. The van der Waals surface area contributed by atoms with E-state index in [4.69, 9.17) is 9.47 Å². The molecule has 3 N–H and O–H groups in total. The molecule has 2 heterocycles. The third kappa shape index (κ3) is 4.91. The number of ether oxygens (including phenoxy) is 2. The molecule has 0 aliphatic carbocycles. The van der Waals surface area contributed by atoms with Gasteiger partial charge in [-0.3, -0.25) is 9.59 Å². The molecule has 162 valence electrons. The lowest BCUT2D eigenvalue weighted by atomic mass is 9.90. The highest BCUT2D eigenvalue weighted by atomic mass is 16.6. The molecular formula is C21H27N3O6. The first-order valence-corrected chi connectivity index (χ1v) is 9.69. The van der Waals surface area contributed by atoms with Crippen LogP contribution in [-0.2, 0) is 14.3 Å². The van der Waals surface area contributed by atoms with Crippen LogP contribution < -0.4 is 10.6 Å². The van der Waals surface area contributed by atoms with E-state index in [9.17, 15) is 19.5 Å². The van der Waals surface area contributed by atoms with Gasteiger partial charge in [0.2, 0.25) is 5.91 Å². The molecule has 0 bridgehead atoms. The van der Waals surface area contributed by atoms with E-state index in [1.807, 2.05) is 20.8 Å². The van der Waals surface area contributed by atoms with Crippen molar-refractivity contribution in [2.45, 2.75) is 44.4 Å². The Bertz CT molecular complexity index is 870. The number of anilines is 1. The van der Waals surface area contributed by atoms with Gasteiger partial charge in [-0.25, -0.2) is 4.79 Å². The van der Waals surface area contributed by atoms with Crippen LogP contribution in [0.5, 0.6) is 5.75 Å². The minimum Gasteiger partial charge on any atom is -0.507 e. The van der Waals surface area contributed by atoms with Gasteiger partial charge in [0.15, 0.2) is 0 Å². The predicted octanol–water partition coefficient (Wildman–Crippen LogP) is 2.02. The van der Waals surface area contributed by atoms with Gasteiger partial charge in [0.05, 0.1) is 31.3 Å². The number of amides is 3. The second kappa shape index (κ2) is 7.98. The number of hydrogen-bond donors (Lipinski definition) is 3. The van der Waals surface area contributed by atoms with Crippen molar-refractivity contribution < 1.29 is 29.0 Å². The van der Waals surface area contributed by atoms with Crippen LogP contribution in [0.4, 0.5) is 10.5 Å². The summed E-state index contributed by atoms with van der Waals surface area (Å²) < 4.78 is 11.2. The van der Waals surface area contributed by atoms with Crippen molar-refractivity contribution in [3.05, 3.63) is 36.4 Å². The first-order chi connectivity index (χ1) is 14.0. The minimum absolute atomic E-state index is 0.0433. The average molecular weight is 417 g/mol. The molecule has 1 aromatic carbocycles. The Balaban J connectivity index is 1.56. The Morgan fingerprint density at radius 2 is 2.03 bits per heavy atom. The third-order valence-electron chi connectivity index (χ3n) is 4.85. The molecular weight excluding hydrogens is 390 g/mol. The number of carbonyl (C=O) groups is 3. The van der Waals surface area contributed by atoms with Gasteiger partial charge in [-0.2, -0.15) is 0 Å². The van der Waals surface area contributed by atoms with Crippen LogP contribution in [0, 0.1) is 0 Å². The molecule has 0 saturated carbocycles. The van der Waals surface area contributed by atoms with Gasteiger partial charge in [0.25, 0.3) is 5.91 Å². The van der Waals surface area contributed by atoms with Crippen LogP contribution in [0.1, 0.15) is 37.6 Å². The van der Waals surface area contributed by atoms with E-state index in [1.54, 1.807) is 4.90 Å². The van der Waals surface area contributed by atoms with Crippen molar-refractivity contribution >= 4 is 23.6 Å². The molecule has 2 aliphatic heterocycles. The van der Waals surface area contributed by atoms with E-state index in [1.165, 1.54) is 18.2 Å². The SMILES string of the molecule is C=CC(=O)Nc1ccc(O)c(C(=O)NC2COC3(C2)CN(C(=O)OC(C)(C)C)C3)c1. The first-order valence-electron chi connectivity index (χ1n) is 9.69. The second-order valence-corrected chi connectivity index (χ2v) is 8.63. The van der Waals surface area contributed by atoms with E-state index in [0.717, 1.165) is 6.08 Å². The van der Waals surface area contributed by atoms with Crippen LogP contribution in [0.2, 0.25) is 0 Å². The molecule has 2 aliphatic rings. The molecule has 9 nitrogen and oxygen atoms in total. The first kappa shape index (κ1) is 21.6. The number of rotatable bonds is 4. The van der Waals surface area contributed by atoms with Crippen molar-refractivity contribution in [1.82, 2.24) is 10.2 Å². The van der Waals surface area contributed by atoms with Crippen LogP contribution >= 0.6 is 0 Å². The largest absolute Gasteiger partial charge is 0.507 e. The molecule has 1 atom stereocenters. The second-order valence-electron chi connectivity index (χ2n) is 8.63. The molecule has 1 spiro atoms. The smallest absolute Gasteiger partial charge is 0.410 e. The molecule has 0 aromatic heterocycles. The summed E-state index contributed by atoms with van der Waals surface area (Å²) in [5, 5.41) is 15.4. The molecule has 3 amide bonds. The Kier molecular flexibility index (Phi) is 5.76. The van der Waals surface area contributed by atoms with E-state index in [0.29, 0.717) is 31.8 Å². The molecule has 30 heavy (non-hydrogen) atoms. The average Bonchev–Trinajstić information content (AvgIpc) is 3.04. The van der Waals surface area contributed by atoms with Gasteiger partial charge in [0, 0.05) is 12.1 Å². The summed E-state index contributed by atoms with van der Waals surface area (Å²) in [6.07, 6.45) is 1.28. The third-order valence-corrected chi connectivity index (χ3v) is 4.85. The number of aromatic hydroxyl groups is 1. The summed E-state index contributed by atoms with van der Waals surface area (Å²) in [5.74, 6) is -1.09. The number of benzene rings is 1. The lowest BCUT2D eigenvalue weighted by Crippen LogP contribution is -2.64. The van der Waals surface area contributed by atoms with Crippen molar-refractivity contribution in [1.29, 1.82) is 0 Å². The minimum atomic E-state index is -0.561.